The van der Waals surface area contributed by atoms with Crippen molar-refractivity contribution in [3.8, 4) is 0 Å². The number of benzene rings is 1. The minimum absolute atomic E-state index is 0.517. The topological polar surface area (TPSA) is 52.6 Å². The van der Waals surface area contributed by atoms with Crippen LogP contribution in [0, 0.1) is 0 Å². The van der Waals surface area contributed by atoms with E-state index in [1.165, 1.54) is 0 Å². The number of hydrogen-bond donors (Lipinski definition) is 2. The van der Waals surface area contributed by atoms with Crippen LogP contribution in [-0.2, 0) is 10.3 Å². The highest BCUT2D eigenvalue weighted by Crippen LogP contribution is 2.34. The number of rotatable bonds is 4. The highest BCUT2D eigenvalue weighted by molar-refractivity contribution is 6.30. The molecule has 1 atom stereocenters. The zero-order chi connectivity index (χ0) is 14.6. The van der Waals surface area contributed by atoms with Crippen molar-refractivity contribution >= 4 is 17.6 Å². The minimum Gasteiger partial charge on any atom is -0.480 e. The average molecular weight is 297 g/mol. The fourth-order valence-electron chi connectivity index (χ4n) is 2.99. The van der Waals surface area contributed by atoms with Crippen LogP contribution < -0.4 is 5.32 Å². The van der Waals surface area contributed by atoms with Gasteiger partial charge >= 0.3 is 5.97 Å². The Hall–Kier alpha value is -1.10. The summed E-state index contributed by atoms with van der Waals surface area (Å²) in [6.07, 6.45) is 1.47. The molecule has 0 bridgehead atoms. The highest BCUT2D eigenvalue weighted by Gasteiger charge is 2.44. The summed E-state index contributed by atoms with van der Waals surface area (Å²) in [6.45, 7) is 5.18. The van der Waals surface area contributed by atoms with E-state index in [0.29, 0.717) is 11.4 Å². The van der Waals surface area contributed by atoms with E-state index in [2.05, 4.69) is 10.2 Å². The Morgan fingerprint density at radius 3 is 2.90 bits per heavy atom. The second kappa shape index (κ2) is 6.57. The lowest BCUT2D eigenvalue weighted by atomic mass is 9.85. The average Bonchev–Trinajstić information content (AvgIpc) is 2.69. The van der Waals surface area contributed by atoms with Crippen LogP contribution in [0.5, 0.6) is 0 Å². The SMILES string of the molecule is CCC(C(=O)O)(c1cccc(Cl)c1)N1CCCNCC1. The summed E-state index contributed by atoms with van der Waals surface area (Å²) in [5.41, 5.74) is -0.224. The third-order valence-corrected chi connectivity index (χ3v) is 4.28. The second-order valence-corrected chi connectivity index (χ2v) is 5.56. The van der Waals surface area contributed by atoms with Crippen LogP contribution >= 0.6 is 11.6 Å². The molecule has 20 heavy (non-hydrogen) atoms. The Kier molecular flexibility index (Phi) is 5.02. The molecule has 1 unspecified atom stereocenters. The standard InChI is InChI=1S/C15H21ClN2O2/c1-2-15(14(19)20,12-5-3-6-13(16)11-12)18-9-4-7-17-8-10-18/h3,5-6,11,17H,2,4,7-10H2,1H3,(H,19,20). The van der Waals surface area contributed by atoms with Gasteiger partial charge in [-0.1, -0.05) is 30.7 Å². The van der Waals surface area contributed by atoms with Crippen molar-refractivity contribution in [3.05, 3.63) is 34.9 Å². The lowest BCUT2D eigenvalue weighted by Crippen LogP contribution is -2.52. The third kappa shape index (κ3) is 2.82. The van der Waals surface area contributed by atoms with Crippen LogP contribution in [0.1, 0.15) is 25.3 Å². The number of nitrogens with one attached hydrogen (secondary N) is 1. The van der Waals surface area contributed by atoms with Gasteiger partial charge in [-0.3, -0.25) is 4.90 Å². The fraction of sp³-hybridized carbons (Fsp3) is 0.533. The number of aliphatic carboxylic acids is 1. The molecule has 1 saturated heterocycles. The van der Waals surface area contributed by atoms with Crippen LogP contribution in [0.25, 0.3) is 0 Å². The van der Waals surface area contributed by atoms with Crippen LogP contribution in [0.4, 0.5) is 0 Å². The van der Waals surface area contributed by atoms with E-state index in [-0.39, 0.29) is 0 Å². The Balaban J connectivity index is 2.46. The van der Waals surface area contributed by atoms with Crippen molar-refractivity contribution in [3.63, 3.8) is 0 Å². The van der Waals surface area contributed by atoms with E-state index in [9.17, 15) is 9.90 Å². The van der Waals surface area contributed by atoms with Gasteiger partial charge in [0.25, 0.3) is 0 Å². The predicted molar refractivity (Wildman–Crippen MR) is 80.1 cm³/mol. The quantitative estimate of drug-likeness (QED) is 0.895. The first kappa shape index (κ1) is 15.3. The molecule has 4 nitrogen and oxygen atoms in total. The van der Waals surface area contributed by atoms with Gasteiger partial charge in [0.05, 0.1) is 0 Å². The van der Waals surface area contributed by atoms with Gasteiger partial charge in [-0.2, -0.15) is 0 Å². The number of halogens is 1. The molecule has 0 amide bonds. The molecule has 1 fully saturated rings. The molecule has 0 aromatic heterocycles. The van der Waals surface area contributed by atoms with Crippen molar-refractivity contribution < 1.29 is 9.90 Å². The van der Waals surface area contributed by atoms with Crippen molar-refractivity contribution in [2.45, 2.75) is 25.3 Å². The number of carboxylic acid groups (broad SMARTS) is 1. The van der Waals surface area contributed by atoms with E-state index < -0.39 is 11.5 Å². The summed E-state index contributed by atoms with van der Waals surface area (Å²) in [4.78, 5) is 14.1. The molecule has 110 valence electrons. The Morgan fingerprint density at radius 2 is 2.25 bits per heavy atom. The normalized spacial score (nSPS) is 20.1. The molecule has 1 aromatic carbocycles. The molecule has 2 rings (SSSR count). The van der Waals surface area contributed by atoms with Gasteiger partial charge in [0.15, 0.2) is 0 Å². The molecule has 0 saturated carbocycles. The molecule has 1 aromatic rings. The minimum atomic E-state index is -0.989. The monoisotopic (exact) mass is 296 g/mol. The summed E-state index contributed by atoms with van der Waals surface area (Å²) in [5.74, 6) is -0.802. The van der Waals surface area contributed by atoms with Crippen molar-refractivity contribution in [2.75, 3.05) is 26.2 Å². The van der Waals surface area contributed by atoms with Crippen molar-refractivity contribution in [1.29, 1.82) is 0 Å². The lowest BCUT2D eigenvalue weighted by Gasteiger charge is -2.40. The van der Waals surface area contributed by atoms with Gasteiger partial charge in [0.2, 0.25) is 0 Å². The summed E-state index contributed by atoms with van der Waals surface area (Å²) < 4.78 is 0. The fourth-order valence-corrected chi connectivity index (χ4v) is 3.18. The molecule has 2 N–H and O–H groups in total. The molecule has 5 heteroatoms. The molecular formula is C15H21ClN2O2. The van der Waals surface area contributed by atoms with E-state index in [1.807, 2.05) is 19.1 Å². The number of carboxylic acids is 1. The van der Waals surface area contributed by atoms with Gasteiger partial charge in [0.1, 0.15) is 5.54 Å². The van der Waals surface area contributed by atoms with E-state index >= 15 is 0 Å². The van der Waals surface area contributed by atoms with Crippen molar-refractivity contribution in [1.82, 2.24) is 10.2 Å². The Morgan fingerprint density at radius 1 is 1.45 bits per heavy atom. The van der Waals surface area contributed by atoms with E-state index in [1.54, 1.807) is 12.1 Å². The summed E-state index contributed by atoms with van der Waals surface area (Å²) in [7, 11) is 0. The highest BCUT2D eigenvalue weighted by atomic mass is 35.5. The molecule has 1 aliphatic heterocycles. The number of carbonyl (C=O) groups is 1. The Labute approximate surface area is 124 Å². The first-order valence-corrected chi connectivity index (χ1v) is 7.44. The van der Waals surface area contributed by atoms with Gasteiger partial charge < -0.3 is 10.4 Å². The molecule has 1 heterocycles. The summed E-state index contributed by atoms with van der Waals surface area (Å²) in [6, 6.07) is 7.23. The van der Waals surface area contributed by atoms with Gasteiger partial charge in [0, 0.05) is 24.7 Å². The molecule has 0 spiro atoms. The molecule has 1 aliphatic rings. The van der Waals surface area contributed by atoms with Crippen LogP contribution in [0.3, 0.4) is 0 Å². The largest absolute Gasteiger partial charge is 0.480 e. The lowest BCUT2D eigenvalue weighted by molar-refractivity contribution is -0.153. The smallest absolute Gasteiger partial charge is 0.328 e. The molecule has 0 radical (unpaired) electrons. The third-order valence-electron chi connectivity index (χ3n) is 4.05. The van der Waals surface area contributed by atoms with E-state index in [0.717, 1.165) is 38.2 Å². The van der Waals surface area contributed by atoms with Crippen LogP contribution in [-0.4, -0.2) is 42.2 Å². The van der Waals surface area contributed by atoms with Gasteiger partial charge in [-0.15, -0.1) is 0 Å². The first-order chi connectivity index (χ1) is 9.61. The zero-order valence-corrected chi connectivity index (χ0v) is 12.5. The second-order valence-electron chi connectivity index (χ2n) is 5.12. The van der Waals surface area contributed by atoms with Gasteiger partial charge in [-0.05, 0) is 37.1 Å². The maximum absolute atomic E-state index is 12.1. The van der Waals surface area contributed by atoms with Gasteiger partial charge in [-0.25, -0.2) is 4.79 Å². The molecular weight excluding hydrogens is 276 g/mol. The molecule has 0 aliphatic carbocycles. The maximum atomic E-state index is 12.1. The number of nitrogens with zero attached hydrogens (tertiary/aromatic N) is 1. The first-order valence-electron chi connectivity index (χ1n) is 7.06. The number of hydrogen-bond acceptors (Lipinski definition) is 3. The summed E-state index contributed by atoms with van der Waals surface area (Å²) >= 11 is 6.06. The van der Waals surface area contributed by atoms with Crippen LogP contribution in [0.2, 0.25) is 5.02 Å². The maximum Gasteiger partial charge on any atom is 0.328 e. The predicted octanol–water partition coefficient (Wildman–Crippen LogP) is 2.33. The van der Waals surface area contributed by atoms with Crippen molar-refractivity contribution in [2.24, 2.45) is 0 Å². The zero-order valence-electron chi connectivity index (χ0n) is 11.7. The summed E-state index contributed by atoms with van der Waals surface area (Å²) in [5, 5.41) is 13.8. The Bertz CT molecular complexity index is 473. The van der Waals surface area contributed by atoms with E-state index in [4.69, 9.17) is 11.6 Å². The van der Waals surface area contributed by atoms with Crippen LogP contribution in [0.15, 0.2) is 24.3 Å².